The predicted octanol–water partition coefficient (Wildman–Crippen LogP) is -11.7. The van der Waals surface area contributed by atoms with E-state index in [4.69, 9.17) is 56.8 Å². The fraction of sp³-hybridized carbons (Fsp3) is 1.00. The van der Waals surface area contributed by atoms with Crippen LogP contribution in [0.2, 0.25) is 0 Å². The second-order valence-electron chi connectivity index (χ2n) is 17.0. The van der Waals surface area contributed by atoms with Gasteiger partial charge in [0.1, 0.15) is 140 Å². The van der Waals surface area contributed by atoms with Crippen molar-refractivity contribution in [1.29, 1.82) is 0 Å². The van der Waals surface area contributed by atoms with Crippen molar-refractivity contribution < 1.29 is 144 Å². The maximum absolute atomic E-state index is 11.4. The summed E-state index contributed by atoms with van der Waals surface area (Å²) in [5.41, 5.74) is 9.48. The van der Waals surface area contributed by atoms with E-state index in [-0.39, 0.29) is 0 Å². The van der Waals surface area contributed by atoms with Gasteiger partial charge in [0.2, 0.25) is 0 Å². The molecule has 32 heteroatoms. The molecule has 22 fully saturated rings. The van der Waals surface area contributed by atoms with E-state index in [1.165, 1.54) is 0 Å². The number of azide groups is 1. The first kappa shape index (κ1) is 53.9. The van der Waals surface area contributed by atoms with Crippen molar-refractivity contribution >= 4 is 0 Å². The van der Waals surface area contributed by atoms with Crippen LogP contribution in [-0.2, 0) is 56.8 Å². The van der Waals surface area contributed by atoms with E-state index in [9.17, 15) is 92.3 Å². The lowest BCUT2D eigenvalue weighted by Gasteiger charge is -2.50. The highest BCUT2D eigenvalue weighted by Gasteiger charge is 2.58. The Labute approximate surface area is 382 Å². The molecule has 22 rings (SSSR count). The maximum Gasteiger partial charge on any atom is 0.187 e. The van der Waals surface area contributed by atoms with Gasteiger partial charge < -0.3 is 144 Å². The zero-order valence-electron chi connectivity index (χ0n) is 35.4. The SMILES string of the molecule is [N-]=[N+]=N[C@H]1[C@H](O)[C@H]2O[C@H]3[C@H](O)[C@@H](O)[C@@H](O[C@H]4[C@H](O)[C@@H](O)[C@@H](O[C@H]5[C@H](O)[C@@H](O)[C@@H](O[C@H]6[C@H](O)[C@@H](O)[C@@H](O[C@H]7[C@H](O)[C@@H](O)[C@@H](O[C@@H]1[C@@H](CO)O2)O[C@@H]7CO)O[C@@H]6CO)O[C@@H]5CO)O[C@@H]4CO)O[C@@H]3CO. The third-order valence-electron chi connectivity index (χ3n) is 12.9. The molecule has 22 saturated heterocycles. The van der Waals surface area contributed by atoms with Crippen LogP contribution in [0.4, 0.5) is 0 Å². The molecule has 22 heterocycles. The maximum atomic E-state index is 11.4. The first-order valence-electron chi connectivity index (χ1n) is 21.5. The van der Waals surface area contributed by atoms with Crippen LogP contribution in [0.3, 0.4) is 0 Å². The molecule has 0 aliphatic carbocycles. The molecule has 0 unspecified atom stereocenters. The highest BCUT2D eigenvalue weighted by molar-refractivity contribution is 5.02. The number of aliphatic hydroxyl groups excluding tert-OH is 17. The van der Waals surface area contributed by atoms with Crippen LogP contribution in [0.1, 0.15) is 0 Å². The van der Waals surface area contributed by atoms with Crippen LogP contribution in [0.5, 0.6) is 0 Å². The zero-order chi connectivity index (χ0) is 49.5. The van der Waals surface area contributed by atoms with Gasteiger partial charge in [0.25, 0.3) is 0 Å². The van der Waals surface area contributed by atoms with Gasteiger partial charge in [-0.25, -0.2) is 0 Å². The third-order valence-corrected chi connectivity index (χ3v) is 12.9. The summed E-state index contributed by atoms with van der Waals surface area (Å²) in [5.74, 6) is 0. The summed E-state index contributed by atoms with van der Waals surface area (Å²) < 4.78 is 68.3. The smallest absolute Gasteiger partial charge is 0.187 e. The Kier molecular flexibility index (Phi) is 18.2. The van der Waals surface area contributed by atoms with Crippen LogP contribution in [0, 0.1) is 0 Å². The van der Waals surface area contributed by atoms with Crippen molar-refractivity contribution in [2.75, 3.05) is 39.6 Å². The molecule has 392 valence electrons. The monoisotopic (exact) mass is 997 g/mol. The van der Waals surface area contributed by atoms with E-state index in [1.807, 2.05) is 0 Å². The van der Waals surface area contributed by atoms with Crippen molar-refractivity contribution in [3.8, 4) is 0 Å². The van der Waals surface area contributed by atoms with Gasteiger partial charge in [-0.15, -0.1) is 0 Å². The average Bonchev–Trinajstić information content (AvgIpc) is 3.33. The molecule has 22 aliphatic rings. The zero-order valence-corrected chi connectivity index (χ0v) is 35.4. The minimum atomic E-state index is -2.17. The molecular weight excluding hydrogens is 938 g/mol. The summed E-state index contributed by atoms with van der Waals surface area (Å²) in [5, 5.41) is 189. The Morgan fingerprint density at radius 1 is 0.279 bits per heavy atom. The van der Waals surface area contributed by atoms with Gasteiger partial charge >= 0.3 is 0 Å². The second-order valence-corrected chi connectivity index (χ2v) is 17.0. The molecule has 0 radical (unpaired) electrons. The predicted molar refractivity (Wildman–Crippen MR) is 203 cm³/mol. The summed E-state index contributed by atoms with van der Waals surface area (Å²) in [4.78, 5) is 2.69. The summed E-state index contributed by atoms with van der Waals surface area (Å²) in [6, 6.07) is -1.83. The Hall–Kier alpha value is -1.85. The Morgan fingerprint density at radius 2 is 0.471 bits per heavy atom. The van der Waals surface area contributed by atoms with Crippen molar-refractivity contribution in [3.05, 3.63) is 10.4 Å². The van der Waals surface area contributed by atoms with Crippen molar-refractivity contribution in [1.82, 2.24) is 0 Å². The molecule has 0 aromatic carbocycles. The lowest BCUT2D eigenvalue weighted by atomic mass is 9.94. The van der Waals surface area contributed by atoms with Crippen LogP contribution >= 0.6 is 0 Å². The minimum Gasteiger partial charge on any atom is -0.394 e. The van der Waals surface area contributed by atoms with Crippen molar-refractivity contribution in [3.63, 3.8) is 0 Å². The summed E-state index contributed by atoms with van der Waals surface area (Å²) in [6.45, 7) is -6.07. The molecule has 0 aromatic heterocycles. The molecule has 68 heavy (non-hydrogen) atoms. The molecule has 0 spiro atoms. The van der Waals surface area contributed by atoms with Crippen LogP contribution < -0.4 is 0 Å². The van der Waals surface area contributed by atoms with Crippen LogP contribution in [-0.4, -0.2) is 311 Å². The molecule has 0 aromatic rings. The van der Waals surface area contributed by atoms with E-state index in [0.29, 0.717) is 0 Å². The van der Waals surface area contributed by atoms with Crippen molar-refractivity contribution in [2.24, 2.45) is 5.11 Å². The Bertz CT molecular complexity index is 1650. The molecule has 0 amide bonds. The lowest BCUT2D eigenvalue weighted by Crippen LogP contribution is -2.69. The Morgan fingerprint density at radius 3 is 0.676 bits per heavy atom. The number of aliphatic hydroxyl groups is 17. The summed E-state index contributed by atoms with van der Waals surface area (Å²) >= 11 is 0. The quantitative estimate of drug-likeness (QED) is 0.0640. The second kappa shape index (κ2) is 22.9. The largest absolute Gasteiger partial charge is 0.394 e. The van der Waals surface area contributed by atoms with E-state index in [0.717, 1.165) is 0 Å². The molecule has 17 N–H and O–H groups in total. The normalized spacial score (nSPS) is 53.9. The van der Waals surface area contributed by atoms with E-state index in [1.54, 1.807) is 0 Å². The highest BCUT2D eigenvalue weighted by atomic mass is 16.8. The molecule has 12 bridgehead atoms. The average molecular weight is 998 g/mol. The third kappa shape index (κ3) is 10.4. The lowest BCUT2D eigenvalue weighted by molar-refractivity contribution is -0.401. The van der Waals surface area contributed by atoms with E-state index in [2.05, 4.69) is 10.0 Å². The number of hydrogen-bond donors (Lipinski definition) is 17. The summed E-state index contributed by atoms with van der Waals surface area (Å²) in [6.07, 6.45) is -56.7. The van der Waals surface area contributed by atoms with Gasteiger partial charge in [0.05, 0.1) is 45.7 Å². The minimum absolute atomic E-state index is 1.01. The number of nitrogens with zero attached hydrogens (tertiary/aromatic N) is 3. The summed E-state index contributed by atoms with van der Waals surface area (Å²) in [7, 11) is 0. The molecule has 0 saturated carbocycles. The van der Waals surface area contributed by atoms with Crippen LogP contribution in [0.25, 0.3) is 10.4 Å². The highest BCUT2D eigenvalue weighted by Crippen LogP contribution is 2.38. The van der Waals surface area contributed by atoms with E-state index >= 15 is 0 Å². The number of hydrogen-bond acceptors (Lipinski definition) is 30. The molecule has 22 aliphatic heterocycles. The Balaban J connectivity index is 1.21. The molecular formula is C36H59N3O29. The fourth-order valence-corrected chi connectivity index (χ4v) is 9.12. The van der Waals surface area contributed by atoms with E-state index < -0.39 is 224 Å². The van der Waals surface area contributed by atoms with Crippen LogP contribution in [0.15, 0.2) is 5.11 Å². The molecule has 32 nitrogen and oxygen atoms in total. The van der Waals surface area contributed by atoms with Gasteiger partial charge in [0.15, 0.2) is 37.7 Å². The van der Waals surface area contributed by atoms with Gasteiger partial charge in [-0.1, -0.05) is 5.11 Å². The fourth-order valence-electron chi connectivity index (χ4n) is 9.12. The topological polar surface area (TPSA) is 503 Å². The standard InChI is InChI=1S/C36H59N3O29/c37-39-38-13-14(46)31-57-7(1-40)25(13)63-32-20(52)15(47)27(9(3-42)58-32)65-34-22(54)17(49)29(11(5-44)60-34)67-36-24(56)19(51)30(12(6-45)62-36)68-35-23(55)18(50)28(10(4-43)61-35)66-33-21(53)16(48)26(64-31)8(2-41)59-33/h7-36,40-56H,1-6H2/t7-,8-,9-,10-,11-,12-,13+,14+,15-,16-,17-,18-,19-,20-,21-,22-,23-,24-,25-,26-,27-,28-,29-,30-,31-,32-,33-,34-,35-,36-/m1/s1. The first-order valence-corrected chi connectivity index (χ1v) is 21.5. The molecule has 30 atom stereocenters. The number of ether oxygens (including phenoxy) is 12. The van der Waals surface area contributed by atoms with Gasteiger partial charge in [-0.3, -0.25) is 0 Å². The van der Waals surface area contributed by atoms with Gasteiger partial charge in [-0.05, 0) is 5.53 Å². The van der Waals surface area contributed by atoms with Crippen molar-refractivity contribution in [2.45, 2.75) is 184 Å². The number of rotatable bonds is 7. The van der Waals surface area contributed by atoms with Gasteiger partial charge in [-0.2, -0.15) is 0 Å². The van der Waals surface area contributed by atoms with Gasteiger partial charge in [0, 0.05) is 4.91 Å². The first-order chi connectivity index (χ1) is 32.5.